The van der Waals surface area contributed by atoms with Crippen molar-refractivity contribution >= 4 is 5.69 Å². The van der Waals surface area contributed by atoms with Gasteiger partial charge in [-0.2, -0.15) is 0 Å². The summed E-state index contributed by atoms with van der Waals surface area (Å²) in [5, 5.41) is 3.51. The van der Waals surface area contributed by atoms with Crippen molar-refractivity contribution in [1.82, 2.24) is 5.32 Å². The molecule has 0 aliphatic carbocycles. The maximum atomic E-state index is 13.8. The average molecular weight is 254 g/mol. The van der Waals surface area contributed by atoms with E-state index in [2.05, 4.69) is 19.2 Å². The summed E-state index contributed by atoms with van der Waals surface area (Å²) in [5.41, 5.74) is 0.388. The number of benzene rings is 1. The van der Waals surface area contributed by atoms with Crippen LogP contribution in [0.25, 0.3) is 0 Å². The van der Waals surface area contributed by atoms with Crippen LogP contribution < -0.4 is 10.2 Å². The van der Waals surface area contributed by atoms with Gasteiger partial charge in [0.15, 0.2) is 0 Å². The molecule has 100 valence electrons. The highest BCUT2D eigenvalue weighted by atomic mass is 19.1. The van der Waals surface area contributed by atoms with Crippen molar-refractivity contribution in [3.63, 3.8) is 0 Å². The topological polar surface area (TPSA) is 15.3 Å². The molecule has 0 aromatic heterocycles. The van der Waals surface area contributed by atoms with Gasteiger partial charge in [0.1, 0.15) is 11.6 Å². The number of halogens is 2. The third-order valence-electron chi connectivity index (χ3n) is 3.98. The quantitative estimate of drug-likeness (QED) is 0.892. The molecule has 0 saturated carbocycles. The van der Waals surface area contributed by atoms with E-state index >= 15 is 0 Å². The molecule has 0 atom stereocenters. The van der Waals surface area contributed by atoms with Crippen LogP contribution in [-0.2, 0) is 0 Å². The average Bonchev–Trinajstić information content (AvgIpc) is 2.41. The minimum absolute atomic E-state index is 0.0109. The van der Waals surface area contributed by atoms with Crippen molar-refractivity contribution in [3.8, 4) is 0 Å². The van der Waals surface area contributed by atoms with E-state index in [9.17, 15) is 8.78 Å². The molecular formula is C14H20F2N2. The van der Waals surface area contributed by atoms with Gasteiger partial charge in [-0.15, -0.1) is 0 Å². The highest BCUT2D eigenvalue weighted by molar-refractivity contribution is 5.49. The van der Waals surface area contributed by atoms with Gasteiger partial charge in [-0.3, -0.25) is 0 Å². The third kappa shape index (κ3) is 2.48. The zero-order chi connectivity index (χ0) is 13.2. The van der Waals surface area contributed by atoms with Crippen LogP contribution in [0.5, 0.6) is 0 Å². The van der Waals surface area contributed by atoms with Crippen molar-refractivity contribution in [3.05, 3.63) is 29.8 Å². The molecule has 0 radical (unpaired) electrons. The minimum Gasteiger partial charge on any atom is -0.366 e. The van der Waals surface area contributed by atoms with Crippen LogP contribution in [0.4, 0.5) is 14.5 Å². The van der Waals surface area contributed by atoms with Gasteiger partial charge in [-0.05, 0) is 25.0 Å². The van der Waals surface area contributed by atoms with Crippen molar-refractivity contribution in [2.75, 3.05) is 24.5 Å². The number of piperazine rings is 1. The van der Waals surface area contributed by atoms with Crippen LogP contribution in [0.15, 0.2) is 18.2 Å². The van der Waals surface area contributed by atoms with E-state index in [1.54, 1.807) is 0 Å². The molecule has 4 heteroatoms. The number of anilines is 1. The molecular weight excluding hydrogens is 234 g/mol. The van der Waals surface area contributed by atoms with E-state index in [4.69, 9.17) is 0 Å². The van der Waals surface area contributed by atoms with Crippen LogP contribution in [-0.4, -0.2) is 25.2 Å². The Morgan fingerprint density at radius 3 is 2.67 bits per heavy atom. The highest BCUT2D eigenvalue weighted by Gasteiger charge is 2.32. The Kier molecular flexibility index (Phi) is 3.85. The molecule has 1 saturated heterocycles. The van der Waals surface area contributed by atoms with Gasteiger partial charge in [-0.25, -0.2) is 8.78 Å². The molecule has 1 aromatic carbocycles. The van der Waals surface area contributed by atoms with Crippen LogP contribution in [0.2, 0.25) is 0 Å². The Morgan fingerprint density at radius 2 is 2.00 bits per heavy atom. The summed E-state index contributed by atoms with van der Waals surface area (Å²) in [6, 6.07) is 3.65. The minimum atomic E-state index is -0.386. The number of nitrogens with one attached hydrogen (secondary N) is 1. The fourth-order valence-electron chi connectivity index (χ4n) is 2.61. The second-order valence-electron chi connectivity index (χ2n) is 4.93. The molecule has 0 bridgehead atoms. The molecule has 1 aliphatic rings. The SMILES string of the molecule is CCC1(CC)CN(c2cc(F)ccc2F)CCN1. The maximum absolute atomic E-state index is 13.8. The standard InChI is InChI=1S/C14H20F2N2/c1-3-14(4-2)10-18(8-7-17-14)13-9-11(15)5-6-12(13)16/h5-6,9,17H,3-4,7-8,10H2,1-2H3. The lowest BCUT2D eigenvalue weighted by molar-refractivity contribution is 0.276. The van der Waals surface area contributed by atoms with Crippen LogP contribution >= 0.6 is 0 Å². The normalized spacial score (nSPS) is 19.0. The van der Waals surface area contributed by atoms with Crippen molar-refractivity contribution in [1.29, 1.82) is 0 Å². The van der Waals surface area contributed by atoms with Crippen molar-refractivity contribution in [2.24, 2.45) is 0 Å². The zero-order valence-corrected chi connectivity index (χ0v) is 11.0. The molecule has 1 heterocycles. The monoisotopic (exact) mass is 254 g/mol. The predicted molar refractivity (Wildman–Crippen MR) is 69.9 cm³/mol. The lowest BCUT2D eigenvalue weighted by atomic mass is 9.90. The lowest BCUT2D eigenvalue weighted by Crippen LogP contribution is -2.60. The number of rotatable bonds is 3. The molecule has 2 nitrogen and oxygen atoms in total. The molecule has 18 heavy (non-hydrogen) atoms. The zero-order valence-electron chi connectivity index (χ0n) is 11.0. The molecule has 1 fully saturated rings. The Bertz CT molecular complexity index is 416. The summed E-state index contributed by atoms with van der Waals surface area (Å²) >= 11 is 0. The Hall–Kier alpha value is -1.16. The predicted octanol–water partition coefficient (Wildman–Crippen LogP) is 2.93. The number of hydrogen-bond donors (Lipinski definition) is 1. The molecule has 2 rings (SSSR count). The summed E-state index contributed by atoms with van der Waals surface area (Å²) in [6.45, 7) is 6.49. The molecule has 0 unspecified atom stereocenters. The van der Waals surface area contributed by atoms with Crippen molar-refractivity contribution in [2.45, 2.75) is 32.2 Å². The Balaban J connectivity index is 2.25. The Morgan fingerprint density at radius 1 is 1.28 bits per heavy atom. The van der Waals surface area contributed by atoms with Gasteiger partial charge in [-0.1, -0.05) is 13.8 Å². The number of hydrogen-bond acceptors (Lipinski definition) is 2. The van der Waals surface area contributed by atoms with Gasteiger partial charge in [0, 0.05) is 31.2 Å². The highest BCUT2D eigenvalue weighted by Crippen LogP contribution is 2.27. The summed E-state index contributed by atoms with van der Waals surface area (Å²) in [7, 11) is 0. The largest absolute Gasteiger partial charge is 0.366 e. The first kappa shape index (κ1) is 13.3. The summed E-state index contributed by atoms with van der Waals surface area (Å²) in [6.07, 6.45) is 1.97. The van der Waals surface area contributed by atoms with E-state index in [0.29, 0.717) is 12.2 Å². The van der Waals surface area contributed by atoms with Gasteiger partial charge in [0.2, 0.25) is 0 Å². The van der Waals surface area contributed by atoms with Gasteiger partial charge < -0.3 is 10.2 Å². The van der Waals surface area contributed by atoms with E-state index in [0.717, 1.165) is 32.0 Å². The molecule has 0 amide bonds. The van der Waals surface area contributed by atoms with Gasteiger partial charge >= 0.3 is 0 Å². The smallest absolute Gasteiger partial charge is 0.146 e. The first-order valence-electron chi connectivity index (χ1n) is 6.55. The van der Waals surface area contributed by atoms with Gasteiger partial charge in [0.25, 0.3) is 0 Å². The van der Waals surface area contributed by atoms with E-state index in [-0.39, 0.29) is 17.2 Å². The maximum Gasteiger partial charge on any atom is 0.146 e. The second-order valence-corrected chi connectivity index (χ2v) is 4.93. The first-order valence-corrected chi connectivity index (χ1v) is 6.55. The fourth-order valence-corrected chi connectivity index (χ4v) is 2.61. The van der Waals surface area contributed by atoms with Crippen molar-refractivity contribution < 1.29 is 8.78 Å². The molecule has 0 spiro atoms. The van der Waals surface area contributed by atoms with Crippen LogP contribution in [0.3, 0.4) is 0 Å². The fraction of sp³-hybridized carbons (Fsp3) is 0.571. The van der Waals surface area contributed by atoms with E-state index in [1.165, 1.54) is 12.1 Å². The van der Waals surface area contributed by atoms with Gasteiger partial charge in [0.05, 0.1) is 5.69 Å². The van der Waals surface area contributed by atoms with Crippen LogP contribution in [0, 0.1) is 11.6 Å². The van der Waals surface area contributed by atoms with E-state index < -0.39 is 0 Å². The summed E-state index contributed by atoms with van der Waals surface area (Å²) < 4.78 is 27.0. The molecule has 1 N–H and O–H groups in total. The van der Waals surface area contributed by atoms with E-state index in [1.807, 2.05) is 4.90 Å². The third-order valence-corrected chi connectivity index (χ3v) is 3.98. The summed E-state index contributed by atoms with van der Waals surface area (Å²) in [5.74, 6) is -0.733. The lowest BCUT2D eigenvalue weighted by Gasteiger charge is -2.44. The number of nitrogens with zero attached hydrogens (tertiary/aromatic N) is 1. The molecule has 1 aliphatic heterocycles. The summed E-state index contributed by atoms with van der Waals surface area (Å²) in [4.78, 5) is 1.95. The molecule has 1 aromatic rings. The first-order chi connectivity index (χ1) is 8.60. The second kappa shape index (κ2) is 5.22. The van der Waals surface area contributed by atoms with Crippen LogP contribution in [0.1, 0.15) is 26.7 Å². The Labute approximate surface area is 107 Å².